The molecule has 2 unspecified atom stereocenters. The van der Waals surface area contributed by atoms with E-state index in [1.807, 2.05) is 5.38 Å². The maximum absolute atomic E-state index is 12.0. The van der Waals surface area contributed by atoms with Crippen LogP contribution in [0.15, 0.2) is 17.5 Å². The summed E-state index contributed by atoms with van der Waals surface area (Å²) in [6.07, 6.45) is -0.153. The quantitative estimate of drug-likeness (QED) is 0.607. The van der Waals surface area contributed by atoms with Crippen molar-refractivity contribution in [3.05, 3.63) is 22.4 Å². The number of aliphatic carboxylic acids is 1. The standard InChI is InChI=1S/C13H18N2O5S/c1-20-12(18)7-9(10-3-2-6-21-10)15-13(19)8(14)4-5-11(16)17/h2-3,6,8-9H,4-5,7,14H2,1H3,(H,15,19)(H,16,17). The number of carbonyl (C=O) groups excluding carboxylic acids is 2. The van der Waals surface area contributed by atoms with Crippen LogP contribution in [0.4, 0.5) is 0 Å². The van der Waals surface area contributed by atoms with Crippen LogP contribution in [0.25, 0.3) is 0 Å². The molecule has 1 amide bonds. The van der Waals surface area contributed by atoms with Crippen LogP contribution in [0.2, 0.25) is 0 Å². The van der Waals surface area contributed by atoms with Gasteiger partial charge in [0.05, 0.1) is 25.6 Å². The second-order valence-electron chi connectivity index (χ2n) is 4.40. The van der Waals surface area contributed by atoms with Gasteiger partial charge in [0.1, 0.15) is 0 Å². The fourth-order valence-electron chi connectivity index (χ4n) is 1.65. The Balaban J connectivity index is 2.65. The van der Waals surface area contributed by atoms with E-state index in [1.165, 1.54) is 18.4 Å². The van der Waals surface area contributed by atoms with E-state index in [-0.39, 0.29) is 19.3 Å². The van der Waals surface area contributed by atoms with E-state index >= 15 is 0 Å². The molecule has 21 heavy (non-hydrogen) atoms. The van der Waals surface area contributed by atoms with Gasteiger partial charge >= 0.3 is 11.9 Å². The number of carboxylic acids is 1. The maximum Gasteiger partial charge on any atom is 0.307 e. The van der Waals surface area contributed by atoms with Crippen LogP contribution < -0.4 is 11.1 Å². The van der Waals surface area contributed by atoms with Gasteiger partial charge < -0.3 is 20.9 Å². The molecule has 4 N–H and O–H groups in total. The molecule has 1 rings (SSSR count). The number of carbonyl (C=O) groups is 3. The minimum Gasteiger partial charge on any atom is -0.481 e. The lowest BCUT2D eigenvalue weighted by atomic mass is 10.1. The van der Waals surface area contributed by atoms with Crippen LogP contribution in [-0.4, -0.2) is 36.1 Å². The van der Waals surface area contributed by atoms with Gasteiger partial charge in [-0.25, -0.2) is 0 Å². The molecule has 0 bridgehead atoms. The Morgan fingerprint density at radius 3 is 2.71 bits per heavy atom. The summed E-state index contributed by atoms with van der Waals surface area (Å²) < 4.78 is 4.61. The van der Waals surface area contributed by atoms with Crippen molar-refractivity contribution in [1.82, 2.24) is 5.32 Å². The smallest absolute Gasteiger partial charge is 0.307 e. The Hall–Kier alpha value is -1.93. The van der Waals surface area contributed by atoms with Crippen molar-refractivity contribution in [2.45, 2.75) is 31.3 Å². The second kappa shape index (κ2) is 8.38. The molecule has 1 aromatic rings. The number of rotatable bonds is 8. The van der Waals surface area contributed by atoms with Crippen molar-refractivity contribution in [1.29, 1.82) is 0 Å². The van der Waals surface area contributed by atoms with Crippen LogP contribution >= 0.6 is 11.3 Å². The summed E-state index contributed by atoms with van der Waals surface area (Å²) in [7, 11) is 1.27. The lowest BCUT2D eigenvalue weighted by Gasteiger charge is -2.19. The Morgan fingerprint density at radius 1 is 1.48 bits per heavy atom. The number of esters is 1. The molecule has 8 heteroatoms. The fourth-order valence-corrected chi connectivity index (χ4v) is 2.43. The average Bonchev–Trinajstić information content (AvgIpc) is 2.97. The molecule has 0 radical (unpaired) electrons. The zero-order valence-electron chi connectivity index (χ0n) is 11.6. The number of amides is 1. The summed E-state index contributed by atoms with van der Waals surface area (Å²) in [6.45, 7) is 0. The van der Waals surface area contributed by atoms with Crippen LogP contribution in [-0.2, 0) is 19.1 Å². The third-order valence-electron chi connectivity index (χ3n) is 2.81. The number of hydrogen-bond donors (Lipinski definition) is 3. The normalized spacial score (nSPS) is 13.2. The van der Waals surface area contributed by atoms with Crippen LogP contribution in [0.5, 0.6) is 0 Å². The van der Waals surface area contributed by atoms with Gasteiger partial charge in [-0.3, -0.25) is 14.4 Å². The SMILES string of the molecule is COC(=O)CC(NC(=O)C(N)CCC(=O)O)c1cccs1. The zero-order chi connectivity index (χ0) is 15.8. The van der Waals surface area contributed by atoms with Gasteiger partial charge in [-0.15, -0.1) is 11.3 Å². The zero-order valence-corrected chi connectivity index (χ0v) is 12.4. The lowest BCUT2D eigenvalue weighted by molar-refractivity contribution is -0.141. The highest BCUT2D eigenvalue weighted by atomic mass is 32.1. The van der Waals surface area contributed by atoms with Gasteiger partial charge in [0.2, 0.25) is 5.91 Å². The van der Waals surface area contributed by atoms with Gasteiger partial charge in [0.15, 0.2) is 0 Å². The average molecular weight is 314 g/mol. The van der Waals surface area contributed by atoms with E-state index in [2.05, 4.69) is 10.1 Å². The number of thiophene rings is 1. The summed E-state index contributed by atoms with van der Waals surface area (Å²) >= 11 is 1.40. The van der Waals surface area contributed by atoms with E-state index in [1.54, 1.807) is 12.1 Å². The number of carboxylic acid groups (broad SMARTS) is 1. The summed E-state index contributed by atoms with van der Waals surface area (Å²) in [6, 6.07) is 2.14. The van der Waals surface area contributed by atoms with E-state index in [0.717, 1.165) is 4.88 Å². The van der Waals surface area contributed by atoms with Crippen molar-refractivity contribution in [2.24, 2.45) is 5.73 Å². The maximum atomic E-state index is 12.0. The monoisotopic (exact) mass is 314 g/mol. The summed E-state index contributed by atoms with van der Waals surface area (Å²) in [5.41, 5.74) is 5.64. The van der Waals surface area contributed by atoms with Crippen LogP contribution in [0.1, 0.15) is 30.2 Å². The first-order valence-electron chi connectivity index (χ1n) is 6.32. The highest BCUT2D eigenvalue weighted by Gasteiger charge is 2.23. The third kappa shape index (κ3) is 5.92. The largest absolute Gasteiger partial charge is 0.481 e. The summed E-state index contributed by atoms with van der Waals surface area (Å²) in [5.74, 6) is -1.95. The lowest BCUT2D eigenvalue weighted by Crippen LogP contribution is -2.42. The number of methoxy groups -OCH3 is 1. The molecule has 1 heterocycles. The van der Waals surface area contributed by atoms with Gasteiger partial charge in [0.25, 0.3) is 0 Å². The molecule has 0 aliphatic rings. The number of ether oxygens (including phenoxy) is 1. The molecular weight excluding hydrogens is 296 g/mol. The highest BCUT2D eigenvalue weighted by molar-refractivity contribution is 7.10. The summed E-state index contributed by atoms with van der Waals surface area (Å²) in [4.78, 5) is 34.6. The highest BCUT2D eigenvalue weighted by Crippen LogP contribution is 2.22. The molecule has 0 saturated heterocycles. The number of hydrogen-bond acceptors (Lipinski definition) is 6. The van der Waals surface area contributed by atoms with Crippen molar-refractivity contribution in [2.75, 3.05) is 7.11 Å². The van der Waals surface area contributed by atoms with Gasteiger partial charge in [-0.05, 0) is 17.9 Å². The first kappa shape index (κ1) is 17.1. The van der Waals surface area contributed by atoms with Crippen molar-refractivity contribution < 1.29 is 24.2 Å². The molecule has 2 atom stereocenters. The summed E-state index contributed by atoms with van der Waals surface area (Å²) in [5, 5.41) is 13.1. The van der Waals surface area contributed by atoms with Crippen LogP contribution in [0, 0.1) is 0 Å². The van der Waals surface area contributed by atoms with Gasteiger partial charge in [0, 0.05) is 11.3 Å². The first-order chi connectivity index (χ1) is 9.93. The molecule has 0 saturated carbocycles. The molecule has 0 spiro atoms. The van der Waals surface area contributed by atoms with Gasteiger partial charge in [-0.2, -0.15) is 0 Å². The molecule has 116 valence electrons. The minimum atomic E-state index is -1.01. The Kier molecular flexibility index (Phi) is 6.83. The van der Waals surface area contributed by atoms with E-state index in [4.69, 9.17) is 10.8 Å². The van der Waals surface area contributed by atoms with Crippen molar-refractivity contribution in [3.8, 4) is 0 Å². The second-order valence-corrected chi connectivity index (χ2v) is 5.38. The predicted octanol–water partition coefficient (Wildman–Crippen LogP) is 0.661. The van der Waals surface area contributed by atoms with E-state index in [0.29, 0.717) is 0 Å². The van der Waals surface area contributed by atoms with Crippen molar-refractivity contribution in [3.63, 3.8) is 0 Å². The Bertz CT molecular complexity index is 489. The fraction of sp³-hybridized carbons (Fsp3) is 0.462. The molecule has 7 nitrogen and oxygen atoms in total. The number of nitrogens with one attached hydrogen (secondary N) is 1. The Labute approximate surface area is 126 Å². The number of nitrogens with two attached hydrogens (primary N) is 1. The molecular formula is C13H18N2O5S. The first-order valence-corrected chi connectivity index (χ1v) is 7.20. The topological polar surface area (TPSA) is 119 Å². The van der Waals surface area contributed by atoms with E-state index < -0.39 is 29.9 Å². The molecule has 0 aliphatic carbocycles. The third-order valence-corrected chi connectivity index (χ3v) is 3.79. The molecule has 0 fully saturated rings. The van der Waals surface area contributed by atoms with Crippen LogP contribution in [0.3, 0.4) is 0 Å². The van der Waals surface area contributed by atoms with E-state index in [9.17, 15) is 14.4 Å². The molecule has 0 aromatic carbocycles. The predicted molar refractivity (Wildman–Crippen MR) is 76.7 cm³/mol. The molecule has 1 aromatic heterocycles. The van der Waals surface area contributed by atoms with Crippen molar-refractivity contribution >= 4 is 29.2 Å². The Morgan fingerprint density at radius 2 is 2.19 bits per heavy atom. The van der Waals surface area contributed by atoms with Gasteiger partial charge in [-0.1, -0.05) is 6.07 Å². The molecule has 0 aliphatic heterocycles. The minimum absolute atomic E-state index is 0.00555.